The molecule has 4 unspecified atom stereocenters. The van der Waals surface area contributed by atoms with Gasteiger partial charge < -0.3 is 39.7 Å². The van der Waals surface area contributed by atoms with Crippen molar-refractivity contribution in [2.75, 3.05) is 26.5 Å². The van der Waals surface area contributed by atoms with Gasteiger partial charge in [0, 0.05) is 104 Å². The summed E-state index contributed by atoms with van der Waals surface area (Å²) in [6.07, 6.45) is 5.83. The van der Waals surface area contributed by atoms with Gasteiger partial charge in [-0.15, -0.1) is 0 Å². The van der Waals surface area contributed by atoms with Gasteiger partial charge in [-0.3, -0.25) is 57.8 Å². The van der Waals surface area contributed by atoms with Crippen LogP contribution >= 0.6 is 34.9 Å². The molecule has 2 aliphatic rings. The van der Waals surface area contributed by atoms with Crippen LogP contribution < -0.4 is 22.5 Å². The molecule has 6 aromatic heterocycles. The van der Waals surface area contributed by atoms with Crippen LogP contribution in [0.3, 0.4) is 0 Å². The number of hydrogen-bond acceptors (Lipinski definition) is 16. The standard InChI is InChI=1S/2C23H27N4O6P.2ClH.2Cu.2H2O/c2*1-14-4-6-24-17(8-14)18-9-16(5-7-25-18)13-34(3,31)33-19-10-21(32-20(19)12-28)27-11-15(2)22(29)26-23(27)30;;;;;;/h2*4-9,11,19-21,28H,10,12-13H2,1-3H3,(H,26,29,30);2*1H;;;2*1H2/q;;;;;+2;;/p-2/t2*19?,20-,21-,34?;;;;;;/m11....../s1. The third kappa shape index (κ3) is 17.4. The molecule has 1 radical (unpaired) electrons. The average molecular weight is 1210 g/mol. The Bertz CT molecular complexity index is 2960. The van der Waals surface area contributed by atoms with Crippen LogP contribution in [-0.2, 0) is 70.2 Å². The second kappa shape index (κ2) is 28.7. The zero-order chi connectivity index (χ0) is 51.6. The number of H-pyrrole nitrogens is 2. The summed E-state index contributed by atoms with van der Waals surface area (Å²) in [5.41, 5.74) is 5.00. The molecule has 0 bridgehead atoms. The number of rotatable bonds is 14. The van der Waals surface area contributed by atoms with Crippen molar-refractivity contribution in [3.63, 3.8) is 0 Å². The molecule has 2 aliphatic heterocycles. The number of nitrogens with one attached hydrogen (secondary N) is 2. The largest absolute Gasteiger partial charge is 0 e. The van der Waals surface area contributed by atoms with E-state index in [1.165, 1.54) is 34.9 Å². The number of pyridine rings is 4. The number of ether oxygens (including phenoxy) is 2. The van der Waals surface area contributed by atoms with Crippen molar-refractivity contribution in [3.05, 3.63) is 161 Å². The SMILES string of the molecule is Cc1ccnc(-c2cc(CP(C)(=O)OC3C[C@H](n4cc(C)c(=O)[nH]c4=O)O[C@@H]3CO)ccn2)c1.Cc1ccnc(-c2cc(CP(C)(=O)OC3C[C@H](n4cc(C)c(=O)[nH]c4=O)O[C@@H]3CO)ccn2)c1.O.O.[Cl][Cu][Cl].[Cu]. The molecule has 2 saturated heterocycles. The maximum absolute atomic E-state index is 13.4. The Morgan fingerprint density at radius 3 is 1.28 bits per heavy atom. The second-order valence-electron chi connectivity index (χ2n) is 17.3. The topological polar surface area (TPSA) is 336 Å². The van der Waals surface area contributed by atoms with E-state index >= 15 is 0 Å². The quantitative estimate of drug-likeness (QED) is 0.0862. The van der Waals surface area contributed by atoms with Crippen molar-refractivity contribution in [1.82, 2.24) is 39.0 Å². The van der Waals surface area contributed by atoms with Crippen LogP contribution in [0.25, 0.3) is 22.8 Å². The van der Waals surface area contributed by atoms with E-state index in [4.69, 9.17) is 18.5 Å². The summed E-state index contributed by atoms with van der Waals surface area (Å²) < 4.78 is 52.8. The van der Waals surface area contributed by atoms with Gasteiger partial charge in [-0.2, -0.15) is 0 Å². The summed E-state index contributed by atoms with van der Waals surface area (Å²) in [6, 6.07) is 14.9. The van der Waals surface area contributed by atoms with Gasteiger partial charge in [0.05, 0.1) is 48.2 Å². The molecule has 412 valence electrons. The fourth-order valence-electron chi connectivity index (χ4n) is 7.98. The minimum absolute atomic E-state index is 0. The molecule has 28 heteroatoms. The monoisotopic (exact) mass is 1200 g/mol. The number of aromatic nitrogens is 8. The van der Waals surface area contributed by atoms with Crippen molar-refractivity contribution in [2.45, 2.75) is 89.7 Å². The summed E-state index contributed by atoms with van der Waals surface area (Å²) >= 11 is 0.757. The van der Waals surface area contributed by atoms with Gasteiger partial charge in [0.2, 0.25) is 14.7 Å². The molecule has 74 heavy (non-hydrogen) atoms. The van der Waals surface area contributed by atoms with Gasteiger partial charge >= 0.3 is 44.7 Å². The van der Waals surface area contributed by atoms with Gasteiger partial charge in [0.1, 0.15) is 24.7 Å². The van der Waals surface area contributed by atoms with Gasteiger partial charge in [-0.05, 0) is 98.5 Å². The Hall–Kier alpha value is -4.28. The smallest absolute Gasteiger partial charge is 0 e. The molecule has 22 nitrogen and oxygen atoms in total. The minimum Gasteiger partial charge on any atom is 0 e. The Morgan fingerprint density at radius 2 is 0.959 bits per heavy atom. The van der Waals surface area contributed by atoms with Crippen molar-refractivity contribution in [1.29, 1.82) is 0 Å². The van der Waals surface area contributed by atoms with Crippen LogP contribution in [0.2, 0.25) is 0 Å². The van der Waals surface area contributed by atoms with Crippen LogP contribution in [0, 0.1) is 27.7 Å². The molecule has 0 aliphatic carbocycles. The normalized spacial score (nSPS) is 20.5. The number of halogens is 2. The van der Waals surface area contributed by atoms with E-state index in [1.54, 1.807) is 50.8 Å². The number of aromatic amines is 2. The zero-order valence-electron chi connectivity index (χ0n) is 40.7. The Morgan fingerprint density at radius 1 is 0.635 bits per heavy atom. The first-order valence-corrected chi connectivity index (χ1v) is 29.1. The van der Waals surface area contributed by atoms with Crippen molar-refractivity contribution in [2.24, 2.45) is 0 Å². The first-order valence-electron chi connectivity index (χ1n) is 22.0. The van der Waals surface area contributed by atoms with Crippen LogP contribution in [0.15, 0.2) is 105 Å². The van der Waals surface area contributed by atoms with Crippen molar-refractivity contribution >= 4 is 34.9 Å². The van der Waals surface area contributed by atoms with Crippen LogP contribution in [-0.4, -0.2) is 111 Å². The average Bonchev–Trinajstić information content (AvgIpc) is 3.91. The van der Waals surface area contributed by atoms with E-state index in [2.05, 4.69) is 50.1 Å². The number of aliphatic hydroxyl groups is 2. The Kier molecular flexibility index (Phi) is 24.9. The first kappa shape index (κ1) is 64.0. The third-order valence-electron chi connectivity index (χ3n) is 11.3. The molecule has 0 spiro atoms. The molecule has 0 saturated carbocycles. The second-order valence-corrected chi connectivity index (χ2v) is 23.9. The van der Waals surface area contributed by atoms with E-state index < -0.39 is 74.1 Å². The fraction of sp³-hybridized carbons (Fsp3) is 0.391. The summed E-state index contributed by atoms with van der Waals surface area (Å²) in [4.78, 5) is 69.7. The molecular formula is C46H58Cl2Cu2N8O14P2. The molecule has 8 atom stereocenters. The molecule has 8 N–H and O–H groups in total. The minimum atomic E-state index is -3.17. The van der Waals surface area contributed by atoms with E-state index in [1.807, 2.05) is 50.2 Å². The third-order valence-corrected chi connectivity index (χ3v) is 14.6. The Balaban J connectivity index is 0.000000357. The number of nitrogens with zero attached hydrogens (tertiary/aromatic N) is 6. The summed E-state index contributed by atoms with van der Waals surface area (Å²) in [5.74, 6) is 0. The fourth-order valence-corrected chi connectivity index (χ4v) is 11.4. The molecular weight excluding hydrogens is 1150 g/mol. The van der Waals surface area contributed by atoms with Crippen LogP contribution in [0.5, 0.6) is 0 Å². The molecule has 0 aromatic carbocycles. The number of hydrogen-bond donors (Lipinski definition) is 4. The molecule has 2 fully saturated rings. The molecule has 8 heterocycles. The summed E-state index contributed by atoms with van der Waals surface area (Å²) in [6.45, 7) is 9.45. The van der Waals surface area contributed by atoms with Crippen LogP contribution in [0.1, 0.15) is 58.7 Å². The van der Waals surface area contributed by atoms with Gasteiger partial charge in [0.15, 0.2) is 0 Å². The number of aliphatic hydroxyl groups excluding tert-OH is 2. The molecule has 6 aromatic rings. The summed E-state index contributed by atoms with van der Waals surface area (Å²) in [7, 11) is 3.01. The van der Waals surface area contributed by atoms with Gasteiger partial charge in [-0.1, -0.05) is 0 Å². The van der Waals surface area contributed by atoms with E-state index in [0.29, 0.717) is 22.5 Å². The van der Waals surface area contributed by atoms with Crippen molar-refractivity contribution in [3.8, 4) is 22.8 Å². The predicted octanol–water partition coefficient (Wildman–Crippen LogP) is 4.49. The zero-order valence-corrected chi connectivity index (χ0v) is 45.9. The summed E-state index contributed by atoms with van der Waals surface area (Å²) in [5, 5.41) is 19.6. The van der Waals surface area contributed by atoms with E-state index in [-0.39, 0.29) is 66.4 Å². The maximum atomic E-state index is 13.4. The molecule has 8 rings (SSSR count). The number of aryl methyl sites for hydroxylation is 4. The van der Waals surface area contributed by atoms with Crippen LogP contribution in [0.4, 0.5) is 0 Å². The maximum Gasteiger partial charge on any atom is 0 e. The van der Waals surface area contributed by atoms with Gasteiger partial charge in [0.25, 0.3) is 11.1 Å². The first-order chi connectivity index (χ1) is 33.7. The molecule has 0 amide bonds. The van der Waals surface area contributed by atoms with E-state index in [0.717, 1.165) is 46.8 Å². The predicted molar refractivity (Wildman–Crippen MR) is 271 cm³/mol. The Labute approximate surface area is 450 Å². The van der Waals surface area contributed by atoms with E-state index in [9.17, 15) is 38.5 Å². The van der Waals surface area contributed by atoms with Crippen molar-refractivity contribution < 1.29 is 79.0 Å². The van der Waals surface area contributed by atoms with Gasteiger partial charge in [-0.25, -0.2) is 9.59 Å².